The Morgan fingerprint density at radius 3 is 2.41 bits per heavy atom. The molecule has 2 N–H and O–H groups in total. The van der Waals surface area contributed by atoms with E-state index in [1.54, 1.807) is 7.05 Å². The van der Waals surface area contributed by atoms with Gasteiger partial charge in [0.15, 0.2) is 5.96 Å². The van der Waals surface area contributed by atoms with Crippen LogP contribution in [0.2, 0.25) is 0 Å². The maximum absolute atomic E-state index is 11.0. The summed E-state index contributed by atoms with van der Waals surface area (Å²) in [6.07, 6.45) is 3.42. The Kier molecular flexibility index (Phi) is 12.6. The van der Waals surface area contributed by atoms with Crippen molar-refractivity contribution >= 4 is 11.9 Å². The lowest BCUT2D eigenvalue weighted by Crippen LogP contribution is -2.39. The van der Waals surface area contributed by atoms with Crippen LogP contribution in [0, 0.1) is 5.92 Å². The molecule has 6 nitrogen and oxygen atoms in total. The summed E-state index contributed by atoms with van der Waals surface area (Å²) >= 11 is 0. The van der Waals surface area contributed by atoms with Gasteiger partial charge in [-0.2, -0.15) is 0 Å². The Labute approximate surface area is 135 Å². The quantitative estimate of drug-likeness (QED) is 0.264. The van der Waals surface area contributed by atoms with Gasteiger partial charge in [0.2, 0.25) is 0 Å². The number of hydrogen-bond donors (Lipinski definition) is 2. The highest BCUT2D eigenvalue weighted by atomic mass is 16.5. The number of carbonyl (C=O) groups excluding carboxylic acids is 1. The second-order valence-electron chi connectivity index (χ2n) is 5.49. The monoisotopic (exact) mass is 315 g/mol. The molecule has 0 aliphatic carbocycles. The number of esters is 1. The van der Waals surface area contributed by atoms with Gasteiger partial charge in [0.05, 0.1) is 13.2 Å². The van der Waals surface area contributed by atoms with Crippen molar-refractivity contribution in [2.75, 3.05) is 33.9 Å². The highest BCUT2D eigenvalue weighted by molar-refractivity contribution is 5.79. The molecule has 0 rings (SSSR count). The minimum absolute atomic E-state index is 0.154. The summed E-state index contributed by atoms with van der Waals surface area (Å²) in [6.45, 7) is 8.73. The first-order valence-corrected chi connectivity index (χ1v) is 8.18. The molecule has 130 valence electrons. The topological polar surface area (TPSA) is 72.0 Å². The van der Waals surface area contributed by atoms with E-state index in [1.807, 2.05) is 6.92 Å². The number of rotatable bonds is 11. The van der Waals surface area contributed by atoms with E-state index < -0.39 is 0 Å². The van der Waals surface area contributed by atoms with Crippen molar-refractivity contribution in [3.05, 3.63) is 0 Å². The molecule has 0 aromatic rings. The van der Waals surface area contributed by atoms with Crippen molar-refractivity contribution in [1.82, 2.24) is 10.6 Å². The first-order chi connectivity index (χ1) is 10.5. The normalized spacial score (nSPS) is 13.1. The molecule has 0 saturated carbocycles. The van der Waals surface area contributed by atoms with Crippen LogP contribution in [0.4, 0.5) is 0 Å². The van der Waals surface area contributed by atoms with Gasteiger partial charge in [-0.25, -0.2) is 0 Å². The SMILES string of the molecule is CCOC(CCNC(=NC)NCCCCC(=O)OC)C(C)C. The highest BCUT2D eigenvalue weighted by Gasteiger charge is 2.12. The maximum atomic E-state index is 11.0. The molecule has 0 aromatic carbocycles. The molecule has 6 heteroatoms. The third-order valence-electron chi connectivity index (χ3n) is 3.40. The summed E-state index contributed by atoms with van der Waals surface area (Å²) in [5.74, 6) is 1.14. The molecule has 0 aliphatic rings. The Balaban J connectivity index is 3.81. The first-order valence-electron chi connectivity index (χ1n) is 8.18. The third-order valence-corrected chi connectivity index (χ3v) is 3.40. The molecular formula is C16H33N3O3. The molecule has 22 heavy (non-hydrogen) atoms. The van der Waals surface area contributed by atoms with E-state index in [1.165, 1.54) is 7.11 Å². The zero-order valence-corrected chi connectivity index (χ0v) is 14.8. The fourth-order valence-electron chi connectivity index (χ4n) is 2.08. The van der Waals surface area contributed by atoms with Crippen LogP contribution in [-0.2, 0) is 14.3 Å². The number of nitrogens with one attached hydrogen (secondary N) is 2. The number of ether oxygens (including phenoxy) is 2. The number of guanidine groups is 1. The molecule has 0 bridgehead atoms. The average Bonchev–Trinajstić information content (AvgIpc) is 2.51. The summed E-state index contributed by atoms with van der Waals surface area (Å²) in [6, 6.07) is 0. The van der Waals surface area contributed by atoms with Gasteiger partial charge < -0.3 is 20.1 Å². The molecule has 0 fully saturated rings. The summed E-state index contributed by atoms with van der Waals surface area (Å²) in [4.78, 5) is 15.2. The van der Waals surface area contributed by atoms with Crippen molar-refractivity contribution in [3.63, 3.8) is 0 Å². The highest BCUT2D eigenvalue weighted by Crippen LogP contribution is 2.09. The molecule has 0 spiro atoms. The molecule has 0 saturated heterocycles. The van der Waals surface area contributed by atoms with Crippen molar-refractivity contribution < 1.29 is 14.3 Å². The molecule has 0 aromatic heterocycles. The molecule has 1 unspecified atom stereocenters. The van der Waals surface area contributed by atoms with Crippen molar-refractivity contribution in [1.29, 1.82) is 0 Å². The summed E-state index contributed by atoms with van der Waals surface area (Å²) in [5, 5.41) is 6.53. The van der Waals surface area contributed by atoms with Crippen molar-refractivity contribution in [2.45, 2.75) is 52.6 Å². The lowest BCUT2D eigenvalue weighted by atomic mass is 10.0. The van der Waals surface area contributed by atoms with Gasteiger partial charge in [0.1, 0.15) is 0 Å². The number of aliphatic imine (C=N–C) groups is 1. The van der Waals surface area contributed by atoms with Gasteiger partial charge in [0.25, 0.3) is 0 Å². The summed E-state index contributed by atoms with van der Waals surface area (Å²) in [7, 11) is 3.17. The lowest BCUT2D eigenvalue weighted by molar-refractivity contribution is -0.140. The smallest absolute Gasteiger partial charge is 0.305 e. The standard InChI is InChI=1S/C16H33N3O3/c1-6-22-14(13(2)3)10-12-19-16(17-4)18-11-8-7-9-15(20)21-5/h13-14H,6-12H2,1-5H3,(H2,17,18,19). The molecule has 0 heterocycles. The molecule has 0 amide bonds. The first kappa shape index (κ1) is 20.7. The Hall–Kier alpha value is -1.30. The molecule has 1 atom stereocenters. The van der Waals surface area contributed by atoms with Gasteiger partial charge >= 0.3 is 5.97 Å². The van der Waals surface area contributed by atoms with E-state index in [-0.39, 0.29) is 12.1 Å². The Morgan fingerprint density at radius 1 is 1.18 bits per heavy atom. The molecule has 0 aliphatic heterocycles. The van der Waals surface area contributed by atoms with E-state index >= 15 is 0 Å². The van der Waals surface area contributed by atoms with Gasteiger partial charge in [-0.3, -0.25) is 9.79 Å². The molecule has 0 radical (unpaired) electrons. The van der Waals surface area contributed by atoms with Crippen LogP contribution in [-0.4, -0.2) is 51.9 Å². The number of nitrogens with zero attached hydrogens (tertiary/aromatic N) is 1. The predicted octanol–water partition coefficient (Wildman–Crippen LogP) is 1.95. The van der Waals surface area contributed by atoms with E-state index in [4.69, 9.17) is 4.74 Å². The van der Waals surface area contributed by atoms with Crippen LogP contribution in [0.5, 0.6) is 0 Å². The van der Waals surface area contributed by atoms with E-state index in [0.29, 0.717) is 12.3 Å². The molecular weight excluding hydrogens is 282 g/mol. The largest absolute Gasteiger partial charge is 0.469 e. The Bertz CT molecular complexity index is 320. The van der Waals surface area contributed by atoms with Crippen LogP contribution in [0.3, 0.4) is 0 Å². The number of carbonyl (C=O) groups is 1. The van der Waals surface area contributed by atoms with Crippen LogP contribution in [0.1, 0.15) is 46.5 Å². The van der Waals surface area contributed by atoms with Crippen LogP contribution in [0.15, 0.2) is 4.99 Å². The fraction of sp³-hybridized carbons (Fsp3) is 0.875. The zero-order chi connectivity index (χ0) is 16.8. The number of hydrogen-bond acceptors (Lipinski definition) is 4. The van der Waals surface area contributed by atoms with Gasteiger partial charge in [-0.15, -0.1) is 0 Å². The van der Waals surface area contributed by atoms with Crippen molar-refractivity contribution in [3.8, 4) is 0 Å². The lowest BCUT2D eigenvalue weighted by Gasteiger charge is -2.21. The van der Waals surface area contributed by atoms with E-state index in [2.05, 4.69) is 34.2 Å². The number of unbranched alkanes of at least 4 members (excludes halogenated alkanes) is 1. The fourth-order valence-corrected chi connectivity index (χ4v) is 2.08. The zero-order valence-electron chi connectivity index (χ0n) is 14.8. The minimum Gasteiger partial charge on any atom is -0.469 e. The van der Waals surface area contributed by atoms with E-state index in [0.717, 1.165) is 44.9 Å². The van der Waals surface area contributed by atoms with Gasteiger partial charge in [-0.05, 0) is 32.1 Å². The second-order valence-corrected chi connectivity index (χ2v) is 5.49. The van der Waals surface area contributed by atoms with Crippen LogP contribution >= 0.6 is 0 Å². The van der Waals surface area contributed by atoms with Crippen molar-refractivity contribution in [2.24, 2.45) is 10.9 Å². The number of methoxy groups -OCH3 is 1. The van der Waals surface area contributed by atoms with Crippen LogP contribution in [0.25, 0.3) is 0 Å². The second kappa shape index (κ2) is 13.4. The summed E-state index contributed by atoms with van der Waals surface area (Å²) in [5.41, 5.74) is 0. The Morgan fingerprint density at radius 2 is 1.86 bits per heavy atom. The average molecular weight is 315 g/mol. The minimum atomic E-state index is -0.154. The summed E-state index contributed by atoms with van der Waals surface area (Å²) < 4.78 is 10.3. The third kappa shape index (κ3) is 10.4. The van der Waals surface area contributed by atoms with Crippen LogP contribution < -0.4 is 10.6 Å². The van der Waals surface area contributed by atoms with Gasteiger partial charge in [0, 0.05) is 33.2 Å². The predicted molar refractivity (Wildman–Crippen MR) is 90.1 cm³/mol. The van der Waals surface area contributed by atoms with E-state index in [9.17, 15) is 4.79 Å². The van der Waals surface area contributed by atoms with Gasteiger partial charge in [-0.1, -0.05) is 13.8 Å². The maximum Gasteiger partial charge on any atom is 0.305 e.